The number of nitrogens with two attached hydrogens (primary N) is 1. The lowest BCUT2D eigenvalue weighted by atomic mass is 10.0. The van der Waals surface area contributed by atoms with Crippen LogP contribution < -0.4 is 5.73 Å². The summed E-state index contributed by atoms with van der Waals surface area (Å²) in [7, 11) is 2.15. The molecule has 2 rings (SSSR count). The van der Waals surface area contributed by atoms with Gasteiger partial charge in [-0.3, -0.25) is 4.79 Å². The molecule has 0 spiro atoms. The molecule has 1 saturated heterocycles. The second kappa shape index (κ2) is 6.83. The maximum atomic E-state index is 10.8. The van der Waals surface area contributed by atoms with Crippen LogP contribution >= 0.6 is 0 Å². The first-order chi connectivity index (χ1) is 9.56. The van der Waals surface area contributed by atoms with Crippen molar-refractivity contribution >= 4 is 5.97 Å². The molecule has 1 fully saturated rings. The number of carboxylic acid groups (broad SMARTS) is 1. The Labute approximate surface area is 120 Å². The van der Waals surface area contributed by atoms with Crippen molar-refractivity contribution in [3.05, 3.63) is 35.4 Å². The smallest absolute Gasteiger partial charge is 0.325 e. The van der Waals surface area contributed by atoms with Crippen molar-refractivity contribution in [1.82, 2.24) is 9.80 Å². The van der Waals surface area contributed by atoms with Crippen LogP contribution in [0.25, 0.3) is 0 Å². The molecule has 1 unspecified atom stereocenters. The number of hydrogen-bond donors (Lipinski definition) is 2. The summed E-state index contributed by atoms with van der Waals surface area (Å²) in [4.78, 5) is 15.6. The Kier molecular flexibility index (Phi) is 5.11. The summed E-state index contributed by atoms with van der Waals surface area (Å²) in [6, 6.07) is 6.67. The van der Waals surface area contributed by atoms with E-state index in [0.29, 0.717) is 5.56 Å². The van der Waals surface area contributed by atoms with Crippen molar-refractivity contribution in [1.29, 1.82) is 0 Å². The summed E-state index contributed by atoms with van der Waals surface area (Å²) in [6.45, 7) is 5.56. The van der Waals surface area contributed by atoms with Crippen LogP contribution in [0.3, 0.4) is 0 Å². The highest BCUT2D eigenvalue weighted by atomic mass is 16.4. The van der Waals surface area contributed by atoms with Crippen molar-refractivity contribution < 1.29 is 9.90 Å². The zero-order valence-corrected chi connectivity index (χ0v) is 12.0. The highest BCUT2D eigenvalue weighted by Crippen LogP contribution is 2.13. The molecule has 0 aromatic heterocycles. The number of carbonyl (C=O) groups is 1. The fraction of sp³-hybridized carbons (Fsp3) is 0.533. The fourth-order valence-electron chi connectivity index (χ4n) is 2.39. The number of rotatable bonds is 5. The van der Waals surface area contributed by atoms with Gasteiger partial charge in [0.1, 0.15) is 6.04 Å². The lowest BCUT2D eigenvalue weighted by Crippen LogP contribution is -2.45. The quantitative estimate of drug-likeness (QED) is 0.823. The van der Waals surface area contributed by atoms with Crippen molar-refractivity contribution in [2.24, 2.45) is 5.73 Å². The van der Waals surface area contributed by atoms with E-state index in [2.05, 4.69) is 16.8 Å². The Morgan fingerprint density at radius 1 is 1.25 bits per heavy atom. The van der Waals surface area contributed by atoms with Crippen molar-refractivity contribution in [3.8, 4) is 0 Å². The van der Waals surface area contributed by atoms with Crippen LogP contribution in [0, 0.1) is 0 Å². The SMILES string of the molecule is CN1CCN(CCc2ccc(C(N)C(=O)O)cc2)CC1. The zero-order valence-electron chi connectivity index (χ0n) is 12.0. The van der Waals surface area contributed by atoms with Gasteiger partial charge >= 0.3 is 5.97 Å². The molecule has 1 aromatic carbocycles. The van der Waals surface area contributed by atoms with E-state index in [9.17, 15) is 4.79 Å². The first kappa shape index (κ1) is 15.0. The zero-order chi connectivity index (χ0) is 14.5. The predicted molar refractivity (Wildman–Crippen MR) is 78.6 cm³/mol. The molecule has 5 heteroatoms. The van der Waals surface area contributed by atoms with E-state index >= 15 is 0 Å². The summed E-state index contributed by atoms with van der Waals surface area (Å²) in [5.41, 5.74) is 7.46. The third-order valence-electron chi connectivity index (χ3n) is 3.92. The molecular formula is C15H23N3O2. The van der Waals surface area contributed by atoms with Gasteiger partial charge in [-0.2, -0.15) is 0 Å². The van der Waals surface area contributed by atoms with Crippen molar-refractivity contribution in [2.75, 3.05) is 39.8 Å². The van der Waals surface area contributed by atoms with Gasteiger partial charge in [-0.1, -0.05) is 24.3 Å². The van der Waals surface area contributed by atoms with Gasteiger partial charge < -0.3 is 20.6 Å². The third-order valence-corrected chi connectivity index (χ3v) is 3.92. The first-order valence-electron chi connectivity index (χ1n) is 7.04. The predicted octanol–water partition coefficient (Wildman–Crippen LogP) is 0.561. The van der Waals surface area contributed by atoms with Gasteiger partial charge in [0.05, 0.1) is 0 Å². The van der Waals surface area contributed by atoms with Crippen molar-refractivity contribution in [2.45, 2.75) is 12.5 Å². The van der Waals surface area contributed by atoms with E-state index < -0.39 is 12.0 Å². The summed E-state index contributed by atoms with van der Waals surface area (Å²) >= 11 is 0. The number of nitrogens with zero attached hydrogens (tertiary/aromatic N) is 2. The van der Waals surface area contributed by atoms with Gasteiger partial charge in [0.25, 0.3) is 0 Å². The molecular weight excluding hydrogens is 254 g/mol. The fourth-order valence-corrected chi connectivity index (χ4v) is 2.39. The molecule has 1 aromatic rings. The van der Waals surface area contributed by atoms with E-state index in [1.54, 1.807) is 0 Å². The number of carboxylic acids is 1. The molecule has 110 valence electrons. The lowest BCUT2D eigenvalue weighted by Gasteiger charge is -2.32. The molecule has 0 radical (unpaired) electrons. The van der Waals surface area contributed by atoms with Gasteiger partial charge in [0.15, 0.2) is 0 Å². The minimum absolute atomic E-state index is 0.654. The second-order valence-corrected chi connectivity index (χ2v) is 5.45. The van der Waals surface area contributed by atoms with Crippen molar-refractivity contribution in [3.63, 3.8) is 0 Å². The number of likely N-dealkylation sites (N-methyl/N-ethyl adjacent to an activating group) is 1. The Balaban J connectivity index is 1.83. The Hall–Kier alpha value is -1.43. The molecule has 1 aliphatic rings. The maximum absolute atomic E-state index is 10.8. The minimum Gasteiger partial charge on any atom is -0.480 e. The average Bonchev–Trinajstić information content (AvgIpc) is 2.46. The molecule has 1 heterocycles. The molecule has 20 heavy (non-hydrogen) atoms. The summed E-state index contributed by atoms with van der Waals surface area (Å²) in [5, 5.41) is 8.86. The van der Waals surface area contributed by atoms with Crippen LogP contribution in [0.1, 0.15) is 17.2 Å². The van der Waals surface area contributed by atoms with Gasteiger partial charge in [-0.15, -0.1) is 0 Å². The normalized spacial score (nSPS) is 18.9. The van der Waals surface area contributed by atoms with Crippen LogP contribution in [-0.4, -0.2) is 60.6 Å². The highest BCUT2D eigenvalue weighted by Gasteiger charge is 2.15. The molecule has 0 saturated carbocycles. The summed E-state index contributed by atoms with van der Waals surface area (Å²) in [6.07, 6.45) is 0.992. The van der Waals surface area contributed by atoms with Crippen LogP contribution in [0.2, 0.25) is 0 Å². The molecule has 0 bridgehead atoms. The van der Waals surface area contributed by atoms with Gasteiger partial charge in [0.2, 0.25) is 0 Å². The van der Waals surface area contributed by atoms with Crippen LogP contribution in [0.15, 0.2) is 24.3 Å². The van der Waals surface area contributed by atoms with Gasteiger partial charge in [0, 0.05) is 32.7 Å². The van der Waals surface area contributed by atoms with Crippen LogP contribution in [0.4, 0.5) is 0 Å². The molecule has 0 aliphatic carbocycles. The average molecular weight is 277 g/mol. The van der Waals surface area contributed by atoms with Crippen LogP contribution in [-0.2, 0) is 11.2 Å². The first-order valence-corrected chi connectivity index (χ1v) is 7.04. The van der Waals surface area contributed by atoms with E-state index in [1.807, 2.05) is 24.3 Å². The molecule has 0 amide bonds. The Morgan fingerprint density at radius 2 is 1.85 bits per heavy atom. The third kappa shape index (κ3) is 4.03. The Bertz CT molecular complexity index is 439. The van der Waals surface area contributed by atoms with E-state index in [4.69, 9.17) is 10.8 Å². The Morgan fingerprint density at radius 3 is 2.40 bits per heavy atom. The van der Waals surface area contributed by atoms with E-state index in [0.717, 1.165) is 39.1 Å². The number of benzene rings is 1. The topological polar surface area (TPSA) is 69.8 Å². The number of piperazine rings is 1. The number of hydrogen-bond acceptors (Lipinski definition) is 4. The summed E-state index contributed by atoms with van der Waals surface area (Å²) in [5.74, 6) is -0.991. The molecule has 3 N–H and O–H groups in total. The molecule has 1 atom stereocenters. The maximum Gasteiger partial charge on any atom is 0.325 e. The molecule has 1 aliphatic heterocycles. The minimum atomic E-state index is -0.991. The second-order valence-electron chi connectivity index (χ2n) is 5.45. The van der Waals surface area contributed by atoms with Crippen LogP contribution in [0.5, 0.6) is 0 Å². The standard InChI is InChI=1S/C15H23N3O2/c1-17-8-10-18(11-9-17)7-6-12-2-4-13(5-3-12)14(16)15(19)20/h2-5,14H,6-11,16H2,1H3,(H,19,20). The molecule has 5 nitrogen and oxygen atoms in total. The largest absolute Gasteiger partial charge is 0.480 e. The number of aliphatic carboxylic acids is 1. The van der Waals surface area contributed by atoms with Gasteiger partial charge in [-0.05, 0) is 24.6 Å². The van der Waals surface area contributed by atoms with E-state index in [-0.39, 0.29) is 0 Å². The monoisotopic (exact) mass is 277 g/mol. The highest BCUT2D eigenvalue weighted by molar-refractivity contribution is 5.75. The summed E-state index contributed by atoms with van der Waals surface area (Å²) < 4.78 is 0. The van der Waals surface area contributed by atoms with E-state index in [1.165, 1.54) is 5.56 Å². The lowest BCUT2D eigenvalue weighted by molar-refractivity contribution is -0.138. The van der Waals surface area contributed by atoms with Gasteiger partial charge in [-0.25, -0.2) is 0 Å².